The highest BCUT2D eigenvalue weighted by Gasteiger charge is 2.05. The summed E-state index contributed by atoms with van der Waals surface area (Å²) >= 11 is 3.49. The van der Waals surface area contributed by atoms with Gasteiger partial charge in [-0.25, -0.2) is 9.97 Å². The van der Waals surface area contributed by atoms with E-state index < -0.39 is 0 Å². The quantitative estimate of drug-likeness (QED) is 0.647. The van der Waals surface area contributed by atoms with Gasteiger partial charge in [-0.3, -0.25) is 0 Å². The Kier molecular flexibility index (Phi) is 7.03. The topological polar surface area (TPSA) is 47.0 Å². The Labute approximate surface area is 153 Å². The van der Waals surface area contributed by atoms with E-state index in [1.807, 2.05) is 6.92 Å². The van der Waals surface area contributed by atoms with Gasteiger partial charge in [0.1, 0.15) is 24.5 Å². The fourth-order valence-electron chi connectivity index (χ4n) is 2.40. The molecule has 0 saturated heterocycles. The van der Waals surface area contributed by atoms with E-state index >= 15 is 0 Å². The Morgan fingerprint density at radius 1 is 1.21 bits per heavy atom. The van der Waals surface area contributed by atoms with Crippen molar-refractivity contribution in [1.29, 1.82) is 0 Å². The molecule has 0 aliphatic carbocycles. The number of hydrogen-bond acceptors (Lipinski definition) is 4. The Balaban J connectivity index is 1.83. The van der Waals surface area contributed by atoms with Crippen molar-refractivity contribution in [3.8, 4) is 5.75 Å². The van der Waals surface area contributed by atoms with Crippen LogP contribution in [0.15, 0.2) is 29.0 Å². The number of hydrogen-bond donors (Lipinski definition) is 1. The number of halogens is 1. The second kappa shape index (κ2) is 9.02. The third kappa shape index (κ3) is 5.48. The van der Waals surface area contributed by atoms with Crippen LogP contribution in [0.4, 0.5) is 5.82 Å². The molecule has 0 bridgehead atoms. The molecule has 5 heteroatoms. The van der Waals surface area contributed by atoms with Gasteiger partial charge in [-0.1, -0.05) is 26.0 Å². The van der Waals surface area contributed by atoms with Crippen LogP contribution in [-0.4, -0.2) is 23.1 Å². The number of ether oxygens (including phenoxy) is 1. The Hall–Kier alpha value is -1.62. The molecule has 0 fully saturated rings. The molecular weight excluding hydrogens is 366 g/mol. The number of aryl methyl sites for hydroxylation is 3. The fourth-order valence-corrected chi connectivity index (χ4v) is 2.74. The van der Waals surface area contributed by atoms with Crippen LogP contribution in [0.5, 0.6) is 5.75 Å². The molecule has 24 heavy (non-hydrogen) atoms. The zero-order valence-corrected chi connectivity index (χ0v) is 16.5. The van der Waals surface area contributed by atoms with Crippen molar-refractivity contribution < 1.29 is 4.74 Å². The molecule has 0 aliphatic heterocycles. The summed E-state index contributed by atoms with van der Waals surface area (Å²) in [7, 11) is 0. The standard InChI is InChI=1S/C19H26BrN3O/c1-13(2)5-6-16-7-8-17(14(3)11-16)24-10-9-21-19-18(20)15(4)22-12-23-19/h7-8,11-13H,5-6,9-10H2,1-4H3,(H,21,22,23). The van der Waals surface area contributed by atoms with Crippen LogP contribution >= 0.6 is 15.9 Å². The summed E-state index contributed by atoms with van der Waals surface area (Å²) in [5, 5.41) is 3.26. The van der Waals surface area contributed by atoms with E-state index in [1.54, 1.807) is 6.33 Å². The molecule has 1 aromatic carbocycles. The molecule has 1 heterocycles. The average molecular weight is 392 g/mol. The van der Waals surface area contributed by atoms with E-state index in [9.17, 15) is 0 Å². The maximum atomic E-state index is 5.89. The number of nitrogens with one attached hydrogen (secondary N) is 1. The van der Waals surface area contributed by atoms with Gasteiger partial charge in [-0.05, 0) is 65.7 Å². The average Bonchev–Trinajstić information content (AvgIpc) is 2.54. The summed E-state index contributed by atoms with van der Waals surface area (Å²) in [6.45, 7) is 9.83. The van der Waals surface area contributed by atoms with Crippen molar-refractivity contribution >= 4 is 21.7 Å². The number of rotatable bonds is 8. The third-order valence-corrected chi connectivity index (χ3v) is 4.81. The lowest BCUT2D eigenvalue weighted by Crippen LogP contribution is -2.13. The van der Waals surface area contributed by atoms with Gasteiger partial charge >= 0.3 is 0 Å². The predicted molar refractivity (Wildman–Crippen MR) is 103 cm³/mol. The first-order chi connectivity index (χ1) is 11.5. The minimum absolute atomic E-state index is 0.585. The Morgan fingerprint density at radius 2 is 2.00 bits per heavy atom. The first-order valence-corrected chi connectivity index (χ1v) is 9.20. The summed E-state index contributed by atoms with van der Waals surface area (Å²) in [6, 6.07) is 6.48. The molecule has 0 atom stereocenters. The highest BCUT2D eigenvalue weighted by Crippen LogP contribution is 2.22. The molecular formula is C19H26BrN3O. The normalized spacial score (nSPS) is 10.9. The van der Waals surface area contributed by atoms with Crippen LogP contribution in [0.2, 0.25) is 0 Å². The van der Waals surface area contributed by atoms with E-state index in [0.29, 0.717) is 13.2 Å². The molecule has 2 aromatic rings. The SMILES string of the molecule is Cc1cc(CCC(C)C)ccc1OCCNc1ncnc(C)c1Br. The first kappa shape index (κ1) is 18.7. The van der Waals surface area contributed by atoms with Crippen LogP contribution in [0.1, 0.15) is 37.1 Å². The Morgan fingerprint density at radius 3 is 2.71 bits per heavy atom. The molecule has 130 valence electrons. The third-order valence-electron chi connectivity index (χ3n) is 3.87. The van der Waals surface area contributed by atoms with Crippen molar-refractivity contribution in [1.82, 2.24) is 9.97 Å². The van der Waals surface area contributed by atoms with Crippen molar-refractivity contribution in [3.63, 3.8) is 0 Å². The molecule has 1 N–H and O–H groups in total. The molecule has 0 aliphatic rings. The molecule has 0 spiro atoms. The van der Waals surface area contributed by atoms with Crippen LogP contribution in [-0.2, 0) is 6.42 Å². The zero-order chi connectivity index (χ0) is 17.5. The zero-order valence-electron chi connectivity index (χ0n) is 14.9. The second-order valence-corrected chi connectivity index (χ2v) is 7.22. The van der Waals surface area contributed by atoms with Gasteiger partial charge in [0, 0.05) is 0 Å². The predicted octanol–water partition coefficient (Wildman–Crippen LogP) is 4.94. The van der Waals surface area contributed by atoms with Crippen molar-refractivity contribution in [2.45, 2.75) is 40.5 Å². The first-order valence-electron chi connectivity index (χ1n) is 8.40. The lowest BCUT2D eigenvalue weighted by Gasteiger charge is -2.13. The smallest absolute Gasteiger partial charge is 0.144 e. The highest BCUT2D eigenvalue weighted by molar-refractivity contribution is 9.10. The molecule has 0 unspecified atom stereocenters. The monoisotopic (exact) mass is 391 g/mol. The van der Waals surface area contributed by atoms with E-state index in [-0.39, 0.29) is 0 Å². The number of anilines is 1. The molecule has 0 amide bonds. The molecule has 0 saturated carbocycles. The minimum Gasteiger partial charge on any atom is -0.491 e. The van der Waals surface area contributed by atoms with E-state index in [4.69, 9.17) is 4.74 Å². The summed E-state index contributed by atoms with van der Waals surface area (Å²) < 4.78 is 6.79. The minimum atomic E-state index is 0.585. The summed E-state index contributed by atoms with van der Waals surface area (Å²) in [6.07, 6.45) is 3.90. The van der Waals surface area contributed by atoms with Gasteiger partial charge in [-0.2, -0.15) is 0 Å². The van der Waals surface area contributed by atoms with E-state index in [1.165, 1.54) is 17.5 Å². The molecule has 0 radical (unpaired) electrons. The molecule has 4 nitrogen and oxygen atoms in total. The number of aromatic nitrogens is 2. The van der Waals surface area contributed by atoms with E-state index in [0.717, 1.165) is 34.1 Å². The second-order valence-electron chi connectivity index (χ2n) is 6.43. The summed E-state index contributed by atoms with van der Waals surface area (Å²) in [5.41, 5.74) is 3.49. The van der Waals surface area contributed by atoms with E-state index in [2.05, 4.69) is 70.2 Å². The molecule has 2 rings (SSSR count). The highest BCUT2D eigenvalue weighted by atomic mass is 79.9. The van der Waals surface area contributed by atoms with Gasteiger partial charge in [0.15, 0.2) is 0 Å². The largest absolute Gasteiger partial charge is 0.491 e. The van der Waals surface area contributed by atoms with Crippen LogP contribution < -0.4 is 10.1 Å². The van der Waals surface area contributed by atoms with Gasteiger partial charge in [0.2, 0.25) is 0 Å². The summed E-state index contributed by atoms with van der Waals surface area (Å²) in [5.74, 6) is 2.48. The number of benzene rings is 1. The van der Waals surface area contributed by atoms with Crippen molar-refractivity contribution in [2.24, 2.45) is 5.92 Å². The van der Waals surface area contributed by atoms with Crippen LogP contribution in [0, 0.1) is 19.8 Å². The van der Waals surface area contributed by atoms with Crippen molar-refractivity contribution in [3.05, 3.63) is 45.8 Å². The van der Waals surface area contributed by atoms with Gasteiger partial charge in [0.25, 0.3) is 0 Å². The molecule has 1 aromatic heterocycles. The summed E-state index contributed by atoms with van der Waals surface area (Å²) in [4.78, 5) is 8.35. The maximum absolute atomic E-state index is 5.89. The van der Waals surface area contributed by atoms with Crippen LogP contribution in [0.3, 0.4) is 0 Å². The lowest BCUT2D eigenvalue weighted by atomic mass is 10.0. The van der Waals surface area contributed by atoms with Gasteiger partial charge < -0.3 is 10.1 Å². The number of nitrogens with zero attached hydrogens (tertiary/aromatic N) is 2. The maximum Gasteiger partial charge on any atom is 0.144 e. The lowest BCUT2D eigenvalue weighted by molar-refractivity contribution is 0.330. The van der Waals surface area contributed by atoms with Gasteiger partial charge in [0.05, 0.1) is 16.7 Å². The Bertz CT molecular complexity index is 674. The van der Waals surface area contributed by atoms with Crippen molar-refractivity contribution in [2.75, 3.05) is 18.5 Å². The van der Waals surface area contributed by atoms with Gasteiger partial charge in [-0.15, -0.1) is 0 Å². The van der Waals surface area contributed by atoms with Crippen LogP contribution in [0.25, 0.3) is 0 Å². The fraction of sp³-hybridized carbons (Fsp3) is 0.474.